The van der Waals surface area contributed by atoms with Gasteiger partial charge in [0.1, 0.15) is 5.82 Å². The van der Waals surface area contributed by atoms with Crippen LogP contribution in [0.15, 0.2) is 27.3 Å². The lowest BCUT2D eigenvalue weighted by molar-refractivity contribution is 0.306. The van der Waals surface area contributed by atoms with Crippen LogP contribution in [0.3, 0.4) is 0 Å². The number of aromatic nitrogens is 2. The van der Waals surface area contributed by atoms with Gasteiger partial charge in [-0.3, -0.25) is 5.41 Å². The maximum Gasteiger partial charge on any atom is 0.274 e. The molecule has 1 aliphatic carbocycles. The molecule has 1 aromatic carbocycles. The maximum absolute atomic E-state index is 13.3. The predicted octanol–water partition coefficient (Wildman–Crippen LogP) is 1.92. The van der Waals surface area contributed by atoms with Gasteiger partial charge >= 0.3 is 0 Å². The monoisotopic (exact) mass is 475 g/mol. The fraction of sp³-hybridized carbons (Fsp3) is 0.400. The molecule has 1 aliphatic rings. The molecule has 3 rings (SSSR count). The molecule has 152 valence electrons. The molecule has 0 amide bonds. The first-order chi connectivity index (χ1) is 13.2. The molecule has 0 spiro atoms. The van der Waals surface area contributed by atoms with Crippen molar-refractivity contribution in [1.82, 2.24) is 15.0 Å². The minimum Gasteiger partial charge on any atom is -0.363 e. The van der Waals surface area contributed by atoms with Crippen molar-refractivity contribution < 1.29 is 17.4 Å². The van der Waals surface area contributed by atoms with E-state index in [0.29, 0.717) is 37.2 Å². The van der Waals surface area contributed by atoms with Gasteiger partial charge in [0.05, 0.1) is 4.47 Å². The van der Waals surface area contributed by atoms with Gasteiger partial charge in [0.25, 0.3) is 10.2 Å². The lowest BCUT2D eigenvalue weighted by atomic mass is 9.92. The number of nitrogens with zero attached hydrogens (tertiary/aromatic N) is 2. The van der Waals surface area contributed by atoms with Gasteiger partial charge in [-0.2, -0.15) is 13.1 Å². The molecular formula is C15H19BrFN7O3S. The smallest absolute Gasteiger partial charge is 0.274 e. The molecule has 0 unspecified atom stereocenters. The second-order valence-electron chi connectivity index (χ2n) is 6.45. The van der Waals surface area contributed by atoms with E-state index < -0.39 is 16.0 Å². The Kier molecular flexibility index (Phi) is 6.27. The summed E-state index contributed by atoms with van der Waals surface area (Å²) in [5, 5.41) is 26.7. The van der Waals surface area contributed by atoms with Crippen molar-refractivity contribution >= 4 is 43.5 Å². The van der Waals surface area contributed by atoms with Crippen molar-refractivity contribution in [3.8, 4) is 0 Å². The minimum absolute atomic E-state index is 0.0249. The number of nitrogens with one attached hydrogen (secondary N) is 4. The average molecular weight is 476 g/mol. The van der Waals surface area contributed by atoms with E-state index in [-0.39, 0.29) is 28.1 Å². The highest BCUT2D eigenvalue weighted by atomic mass is 79.9. The summed E-state index contributed by atoms with van der Waals surface area (Å²) >= 11 is 3.09. The van der Waals surface area contributed by atoms with Crippen molar-refractivity contribution in [2.45, 2.75) is 37.8 Å². The SMILES string of the molecule is N=C(Nc1ccc(F)c(Br)c1)c1nonc1N[C@H]1CC[C@@H](NS(N)(=O)=O)CC1. The lowest BCUT2D eigenvalue weighted by Gasteiger charge is -2.28. The zero-order valence-electron chi connectivity index (χ0n) is 14.6. The van der Waals surface area contributed by atoms with Crippen molar-refractivity contribution in [2.75, 3.05) is 10.6 Å². The van der Waals surface area contributed by atoms with Crippen molar-refractivity contribution in [3.63, 3.8) is 0 Å². The topological polar surface area (TPSA) is 159 Å². The molecule has 0 aliphatic heterocycles. The average Bonchev–Trinajstić information content (AvgIpc) is 3.07. The first kappa shape index (κ1) is 20.6. The number of hydrogen-bond donors (Lipinski definition) is 5. The second kappa shape index (κ2) is 8.51. The number of anilines is 2. The quantitative estimate of drug-likeness (QED) is 0.315. The Morgan fingerprint density at radius 3 is 2.57 bits per heavy atom. The van der Waals surface area contributed by atoms with Gasteiger partial charge < -0.3 is 10.6 Å². The van der Waals surface area contributed by atoms with Crippen LogP contribution < -0.4 is 20.5 Å². The van der Waals surface area contributed by atoms with Crippen LogP contribution >= 0.6 is 15.9 Å². The van der Waals surface area contributed by atoms with E-state index in [2.05, 4.69) is 41.6 Å². The summed E-state index contributed by atoms with van der Waals surface area (Å²) in [4.78, 5) is 0. The number of nitrogens with two attached hydrogens (primary N) is 1. The number of halogens is 2. The first-order valence-electron chi connectivity index (χ1n) is 8.41. The van der Waals surface area contributed by atoms with Crippen LogP contribution in [0.2, 0.25) is 0 Å². The molecule has 1 fully saturated rings. The maximum atomic E-state index is 13.3. The molecular weight excluding hydrogens is 457 g/mol. The summed E-state index contributed by atoms with van der Waals surface area (Å²) in [5.74, 6) is -0.163. The van der Waals surface area contributed by atoms with Crippen LogP contribution in [-0.2, 0) is 10.2 Å². The van der Waals surface area contributed by atoms with E-state index in [9.17, 15) is 12.8 Å². The predicted molar refractivity (Wildman–Crippen MR) is 105 cm³/mol. The van der Waals surface area contributed by atoms with Gasteiger partial charge in [-0.05, 0) is 70.1 Å². The van der Waals surface area contributed by atoms with E-state index >= 15 is 0 Å². The molecule has 0 atom stereocenters. The Balaban J connectivity index is 1.59. The van der Waals surface area contributed by atoms with E-state index in [1.54, 1.807) is 0 Å². The summed E-state index contributed by atoms with van der Waals surface area (Å²) in [6, 6.07) is 4.10. The van der Waals surface area contributed by atoms with Gasteiger partial charge in [0.15, 0.2) is 11.5 Å². The number of rotatable bonds is 6. The molecule has 13 heteroatoms. The fourth-order valence-electron chi connectivity index (χ4n) is 3.01. The van der Waals surface area contributed by atoms with Gasteiger partial charge in [-0.25, -0.2) is 14.2 Å². The van der Waals surface area contributed by atoms with E-state index in [0.717, 1.165) is 0 Å². The van der Waals surface area contributed by atoms with Crippen molar-refractivity contribution in [1.29, 1.82) is 5.41 Å². The normalized spacial score (nSPS) is 20.0. The molecule has 28 heavy (non-hydrogen) atoms. The molecule has 0 bridgehead atoms. The molecule has 10 nitrogen and oxygen atoms in total. The van der Waals surface area contributed by atoms with Gasteiger partial charge in [0, 0.05) is 17.8 Å². The third kappa shape index (κ3) is 5.47. The molecule has 0 radical (unpaired) electrons. The third-order valence-electron chi connectivity index (χ3n) is 4.31. The Hall–Kier alpha value is -2.09. The summed E-state index contributed by atoms with van der Waals surface area (Å²) in [7, 11) is -3.72. The van der Waals surface area contributed by atoms with Crippen LogP contribution in [0.4, 0.5) is 15.9 Å². The molecule has 0 saturated heterocycles. The minimum atomic E-state index is -3.72. The van der Waals surface area contributed by atoms with Crippen LogP contribution in [0, 0.1) is 11.2 Å². The van der Waals surface area contributed by atoms with Crippen molar-refractivity contribution in [3.05, 3.63) is 34.2 Å². The summed E-state index contributed by atoms with van der Waals surface area (Å²) in [5.41, 5.74) is 0.687. The Morgan fingerprint density at radius 1 is 1.25 bits per heavy atom. The largest absolute Gasteiger partial charge is 0.363 e. The fourth-order valence-corrected chi connectivity index (χ4v) is 4.09. The highest BCUT2D eigenvalue weighted by Crippen LogP contribution is 2.24. The van der Waals surface area contributed by atoms with E-state index in [1.165, 1.54) is 18.2 Å². The zero-order valence-corrected chi connectivity index (χ0v) is 17.0. The molecule has 2 aromatic rings. The van der Waals surface area contributed by atoms with Crippen molar-refractivity contribution in [2.24, 2.45) is 5.14 Å². The number of amidine groups is 1. The second-order valence-corrected chi connectivity index (χ2v) is 8.63. The highest BCUT2D eigenvalue weighted by Gasteiger charge is 2.25. The lowest BCUT2D eigenvalue weighted by Crippen LogP contribution is -2.43. The van der Waals surface area contributed by atoms with Crippen LogP contribution in [-0.4, -0.2) is 36.7 Å². The molecule has 6 N–H and O–H groups in total. The Bertz CT molecular complexity index is 960. The van der Waals surface area contributed by atoms with Gasteiger partial charge in [0.2, 0.25) is 5.82 Å². The van der Waals surface area contributed by atoms with E-state index in [1.807, 2.05) is 0 Å². The summed E-state index contributed by atoms with van der Waals surface area (Å²) in [6.45, 7) is 0. The molecule has 1 aromatic heterocycles. The van der Waals surface area contributed by atoms with Crippen LogP contribution in [0.1, 0.15) is 31.4 Å². The standard InChI is InChI=1S/C15H19BrFN7O3S/c16-11-7-10(5-6-12(11)17)20-14(18)13-15(23-27-22-13)21-8-1-3-9(4-2-8)24-28(19,25)26/h5-9,24H,1-4H2,(H2,18,20)(H,21,23)(H2,19,25,26)/t8-,9+. The zero-order chi connectivity index (χ0) is 20.3. The van der Waals surface area contributed by atoms with Crippen LogP contribution in [0.5, 0.6) is 0 Å². The highest BCUT2D eigenvalue weighted by molar-refractivity contribution is 9.10. The van der Waals surface area contributed by atoms with Gasteiger partial charge in [-0.1, -0.05) is 0 Å². The first-order valence-corrected chi connectivity index (χ1v) is 10.8. The summed E-state index contributed by atoms with van der Waals surface area (Å²) < 4.78 is 43.0. The number of hydrogen-bond acceptors (Lipinski definition) is 7. The summed E-state index contributed by atoms with van der Waals surface area (Å²) in [6.07, 6.45) is 2.61. The number of benzene rings is 1. The van der Waals surface area contributed by atoms with E-state index in [4.69, 9.17) is 15.2 Å². The third-order valence-corrected chi connectivity index (χ3v) is 5.58. The molecule has 1 saturated carbocycles. The Labute approximate surface area is 169 Å². The van der Waals surface area contributed by atoms with Crippen LogP contribution in [0.25, 0.3) is 0 Å². The molecule has 1 heterocycles. The Morgan fingerprint density at radius 2 is 1.93 bits per heavy atom. The van der Waals surface area contributed by atoms with Gasteiger partial charge in [-0.15, -0.1) is 0 Å².